The summed E-state index contributed by atoms with van der Waals surface area (Å²) in [5, 5.41) is 5.39. The van der Waals surface area contributed by atoms with Crippen LogP contribution in [0, 0.1) is 0 Å². The summed E-state index contributed by atoms with van der Waals surface area (Å²) in [4.78, 5) is 33.4. The Morgan fingerprint density at radius 1 is 0.930 bits per heavy atom. The minimum atomic E-state index is -3.88. The van der Waals surface area contributed by atoms with Gasteiger partial charge in [-0.3, -0.25) is 9.69 Å². The van der Waals surface area contributed by atoms with E-state index in [-0.39, 0.29) is 23.1 Å². The van der Waals surface area contributed by atoms with Crippen LogP contribution in [0.3, 0.4) is 0 Å². The van der Waals surface area contributed by atoms with Crippen LogP contribution in [-0.2, 0) is 32.5 Å². The van der Waals surface area contributed by atoms with E-state index in [4.69, 9.17) is 15.6 Å². The number of rotatable bonds is 13. The largest absolute Gasteiger partial charge is 0.437 e. The molecule has 0 heterocycles. The van der Waals surface area contributed by atoms with Gasteiger partial charge >= 0.3 is 6.09 Å². The van der Waals surface area contributed by atoms with Crippen molar-refractivity contribution in [3.05, 3.63) is 89.5 Å². The summed E-state index contributed by atoms with van der Waals surface area (Å²) in [7, 11) is -3.88. The maximum atomic E-state index is 13.3. The number of amides is 2. The van der Waals surface area contributed by atoms with Crippen molar-refractivity contribution >= 4 is 27.9 Å². The molecule has 3 aromatic rings. The molecule has 0 aromatic heterocycles. The molecule has 1 unspecified atom stereocenters. The summed E-state index contributed by atoms with van der Waals surface area (Å²) >= 11 is 0. The van der Waals surface area contributed by atoms with Crippen molar-refractivity contribution in [3.8, 4) is 11.1 Å². The highest BCUT2D eigenvalue weighted by atomic mass is 32.2. The van der Waals surface area contributed by atoms with Crippen LogP contribution >= 0.6 is 0 Å². The fourth-order valence-electron chi connectivity index (χ4n) is 4.80. The third-order valence-corrected chi connectivity index (χ3v) is 8.04. The Morgan fingerprint density at radius 3 is 2.23 bits per heavy atom. The minimum absolute atomic E-state index is 0.0380. The molecule has 0 fully saturated rings. The van der Waals surface area contributed by atoms with Crippen LogP contribution in [0.2, 0.25) is 0 Å². The lowest BCUT2D eigenvalue weighted by Gasteiger charge is -2.25. The zero-order valence-corrected chi connectivity index (χ0v) is 26.0. The number of benzene rings is 3. The van der Waals surface area contributed by atoms with Gasteiger partial charge in [0, 0.05) is 24.2 Å². The number of ether oxygens (including phenoxy) is 1. The van der Waals surface area contributed by atoms with Crippen LogP contribution in [0.15, 0.2) is 82.7 Å². The topological polar surface area (TPSA) is 148 Å². The maximum Gasteiger partial charge on any atom is 0.437 e. The summed E-state index contributed by atoms with van der Waals surface area (Å²) < 4.78 is 29.4. The van der Waals surface area contributed by atoms with Gasteiger partial charge in [0.2, 0.25) is 15.9 Å². The molecular weight excluding hydrogens is 566 g/mol. The second-order valence-electron chi connectivity index (χ2n) is 10.1. The Balaban J connectivity index is 1.71. The molecule has 0 bridgehead atoms. The van der Waals surface area contributed by atoms with E-state index in [1.165, 1.54) is 6.07 Å². The average Bonchev–Trinajstić information content (AvgIpc) is 2.97. The Morgan fingerprint density at radius 2 is 1.60 bits per heavy atom. The Kier molecular flexibility index (Phi) is 12.0. The lowest BCUT2D eigenvalue weighted by atomic mass is 10.0. The van der Waals surface area contributed by atoms with Crippen LogP contribution < -0.4 is 10.9 Å². The van der Waals surface area contributed by atoms with Gasteiger partial charge in [-0.1, -0.05) is 81.4 Å². The smallest absolute Gasteiger partial charge is 0.429 e. The van der Waals surface area contributed by atoms with Crippen LogP contribution in [0.1, 0.15) is 50.8 Å². The zero-order valence-electron chi connectivity index (χ0n) is 25.2. The maximum absolute atomic E-state index is 13.3. The Hall–Kier alpha value is -4.06. The highest BCUT2D eigenvalue weighted by Gasteiger charge is 2.18. The third-order valence-electron chi connectivity index (χ3n) is 7.07. The summed E-state index contributed by atoms with van der Waals surface area (Å²) in [6, 6.07) is 21.0. The molecule has 230 valence electrons. The molecule has 2 amide bonds. The SMILES string of the molecule is CCCN(Cc1cccc(C(N)=NC(=O)OC(C)N(CC)CC)c1)C(=O)Cc1ccc(-c2ccccc2S(N)(=O)=O)cc1. The number of primary sulfonamides is 1. The van der Waals surface area contributed by atoms with Gasteiger partial charge in [0.1, 0.15) is 5.84 Å². The second kappa shape index (κ2) is 15.4. The highest BCUT2D eigenvalue weighted by Crippen LogP contribution is 2.27. The molecule has 0 aliphatic carbocycles. The Bertz CT molecular complexity index is 1540. The monoisotopic (exact) mass is 607 g/mol. The van der Waals surface area contributed by atoms with Gasteiger partial charge in [-0.25, -0.2) is 18.4 Å². The summed E-state index contributed by atoms with van der Waals surface area (Å²) in [6.45, 7) is 10.2. The summed E-state index contributed by atoms with van der Waals surface area (Å²) in [6.07, 6.45) is -0.233. The molecule has 43 heavy (non-hydrogen) atoms. The molecule has 3 rings (SSSR count). The van der Waals surface area contributed by atoms with Crippen molar-refractivity contribution in [1.82, 2.24) is 9.80 Å². The number of amidine groups is 1. The molecule has 3 aromatic carbocycles. The van der Waals surface area contributed by atoms with Crippen molar-refractivity contribution in [2.75, 3.05) is 19.6 Å². The first-order valence-corrected chi connectivity index (χ1v) is 15.9. The van der Waals surface area contributed by atoms with Crippen molar-refractivity contribution in [3.63, 3.8) is 0 Å². The average molecular weight is 608 g/mol. The summed E-state index contributed by atoms with van der Waals surface area (Å²) in [5.74, 6) is -0.0170. The molecule has 10 nitrogen and oxygen atoms in total. The normalized spacial score (nSPS) is 12.7. The first kappa shape index (κ1) is 33.4. The van der Waals surface area contributed by atoms with Crippen molar-refractivity contribution in [2.24, 2.45) is 15.9 Å². The van der Waals surface area contributed by atoms with Gasteiger partial charge in [-0.2, -0.15) is 4.99 Å². The fraction of sp³-hybridized carbons (Fsp3) is 0.344. The van der Waals surface area contributed by atoms with Gasteiger partial charge in [-0.15, -0.1) is 0 Å². The predicted octanol–water partition coefficient (Wildman–Crippen LogP) is 4.51. The van der Waals surface area contributed by atoms with E-state index in [0.717, 1.165) is 30.6 Å². The number of nitrogens with zero attached hydrogens (tertiary/aromatic N) is 3. The van der Waals surface area contributed by atoms with E-state index in [1.807, 2.05) is 56.0 Å². The Labute approximate surface area is 254 Å². The van der Waals surface area contributed by atoms with Crippen LogP contribution in [0.5, 0.6) is 0 Å². The molecular formula is C32H41N5O5S. The number of aliphatic imine (C=N–C) groups is 1. The van der Waals surface area contributed by atoms with Crippen molar-refractivity contribution in [1.29, 1.82) is 0 Å². The number of sulfonamides is 1. The molecule has 0 aliphatic heterocycles. The van der Waals surface area contributed by atoms with Gasteiger partial charge in [-0.05, 0) is 55.3 Å². The molecule has 4 N–H and O–H groups in total. The van der Waals surface area contributed by atoms with Crippen molar-refractivity contribution < 1.29 is 22.7 Å². The van der Waals surface area contributed by atoms with Gasteiger partial charge < -0.3 is 15.4 Å². The third kappa shape index (κ3) is 9.47. The number of hydrogen-bond donors (Lipinski definition) is 2. The predicted molar refractivity (Wildman–Crippen MR) is 169 cm³/mol. The molecule has 0 aliphatic rings. The first-order valence-electron chi connectivity index (χ1n) is 14.3. The molecule has 11 heteroatoms. The number of carbonyl (C=O) groups excluding carboxylic acids is 2. The van der Waals surface area contributed by atoms with E-state index < -0.39 is 22.3 Å². The summed E-state index contributed by atoms with van der Waals surface area (Å²) in [5.41, 5.74) is 9.53. The highest BCUT2D eigenvalue weighted by molar-refractivity contribution is 7.89. The first-order chi connectivity index (χ1) is 20.5. The lowest BCUT2D eigenvalue weighted by molar-refractivity contribution is -0.131. The van der Waals surface area contributed by atoms with Crippen LogP contribution in [0.25, 0.3) is 11.1 Å². The molecule has 1 atom stereocenters. The lowest BCUT2D eigenvalue weighted by Crippen LogP contribution is -2.36. The van der Waals surface area contributed by atoms with E-state index >= 15 is 0 Å². The number of carbonyl (C=O) groups is 2. The standard InChI is InChI=1S/C32H41N5O5S/c1-5-19-37(22-25-11-10-12-27(20-25)31(33)35-32(39)42-23(4)36(6-2)7-3)30(38)21-24-15-17-26(18-16-24)28-13-8-9-14-29(28)43(34,40)41/h8-18,20,23H,5-7,19,21-22H2,1-4H3,(H2,33,35,39)(H2,34,40,41). The van der Waals surface area contributed by atoms with E-state index in [2.05, 4.69) is 4.99 Å². The van der Waals surface area contributed by atoms with Gasteiger partial charge in [0.15, 0.2) is 6.23 Å². The van der Waals surface area contributed by atoms with E-state index in [0.29, 0.717) is 29.8 Å². The fourth-order valence-corrected chi connectivity index (χ4v) is 5.56. The van der Waals surface area contributed by atoms with E-state index in [1.54, 1.807) is 48.2 Å². The van der Waals surface area contributed by atoms with Crippen LogP contribution in [0.4, 0.5) is 4.79 Å². The van der Waals surface area contributed by atoms with E-state index in [9.17, 15) is 18.0 Å². The number of nitrogens with two attached hydrogens (primary N) is 2. The minimum Gasteiger partial charge on any atom is -0.429 e. The molecule has 0 saturated carbocycles. The van der Waals surface area contributed by atoms with Gasteiger partial charge in [0.05, 0.1) is 11.3 Å². The second-order valence-corrected chi connectivity index (χ2v) is 11.7. The molecule has 0 saturated heterocycles. The molecule has 0 radical (unpaired) electrons. The van der Waals surface area contributed by atoms with Crippen molar-refractivity contribution in [2.45, 2.75) is 58.2 Å². The molecule has 0 spiro atoms. The number of hydrogen-bond acceptors (Lipinski definition) is 6. The quantitative estimate of drug-likeness (QED) is 0.165. The van der Waals surface area contributed by atoms with Crippen LogP contribution in [-0.4, -0.2) is 61.9 Å². The zero-order chi connectivity index (χ0) is 31.6. The van der Waals surface area contributed by atoms with Gasteiger partial charge in [0.25, 0.3) is 0 Å².